The number of carbonyl (C=O) groups excluding carboxylic acids is 1. The number of hydrogen-bond acceptors (Lipinski definition) is 6. The van der Waals surface area contributed by atoms with Gasteiger partial charge in [0.25, 0.3) is 5.91 Å². The summed E-state index contributed by atoms with van der Waals surface area (Å²) in [5, 5.41) is 6.60. The van der Waals surface area contributed by atoms with Crippen LogP contribution < -0.4 is 10.6 Å². The molecule has 2 heterocycles. The minimum Gasteiger partial charge on any atom is -0.372 e. The first-order chi connectivity index (χ1) is 8.69. The molecular formula is C11H13N5OS. The fraction of sp³-hybridized carbons (Fsp3) is 0.273. The van der Waals surface area contributed by atoms with Crippen LogP contribution in [0.25, 0.3) is 0 Å². The molecule has 7 heteroatoms. The highest BCUT2D eigenvalue weighted by atomic mass is 32.1. The van der Waals surface area contributed by atoms with Crippen molar-refractivity contribution in [3.05, 3.63) is 34.2 Å². The number of aromatic nitrogens is 3. The predicted octanol–water partition coefficient (Wildman–Crippen LogP) is 1.21. The zero-order valence-electron chi connectivity index (χ0n) is 10.1. The van der Waals surface area contributed by atoms with Gasteiger partial charge in [-0.1, -0.05) is 0 Å². The minimum absolute atomic E-state index is 0.245. The molecule has 0 saturated heterocycles. The van der Waals surface area contributed by atoms with Gasteiger partial charge in [0.05, 0.1) is 23.9 Å². The largest absolute Gasteiger partial charge is 0.372 e. The van der Waals surface area contributed by atoms with E-state index in [-0.39, 0.29) is 5.91 Å². The number of hydrogen-bond donors (Lipinski definition) is 2. The van der Waals surface area contributed by atoms with Crippen LogP contribution in [0.1, 0.15) is 20.4 Å². The van der Waals surface area contributed by atoms with Gasteiger partial charge in [0.15, 0.2) is 0 Å². The molecule has 2 aromatic heterocycles. The van der Waals surface area contributed by atoms with Gasteiger partial charge in [0.1, 0.15) is 11.5 Å². The third-order valence-electron chi connectivity index (χ3n) is 2.22. The van der Waals surface area contributed by atoms with E-state index in [1.54, 1.807) is 30.8 Å². The lowest BCUT2D eigenvalue weighted by Gasteiger charge is -2.04. The average molecular weight is 263 g/mol. The Labute approximate surface area is 109 Å². The van der Waals surface area contributed by atoms with E-state index in [2.05, 4.69) is 25.6 Å². The molecule has 2 rings (SSSR count). The molecule has 94 valence electrons. The Morgan fingerprint density at radius 1 is 1.39 bits per heavy atom. The normalized spacial score (nSPS) is 10.1. The number of nitrogens with one attached hydrogen (secondary N) is 2. The zero-order chi connectivity index (χ0) is 13.0. The first kappa shape index (κ1) is 12.4. The fourth-order valence-corrected chi connectivity index (χ4v) is 2.08. The van der Waals surface area contributed by atoms with Gasteiger partial charge < -0.3 is 10.6 Å². The summed E-state index contributed by atoms with van der Waals surface area (Å²) in [6, 6.07) is 0. The number of aryl methyl sites for hydroxylation is 1. The van der Waals surface area contributed by atoms with Crippen LogP contribution in [-0.4, -0.2) is 27.9 Å². The standard InChI is InChI=1S/C11H13N5OS/c1-7-14-3-8(18-7)4-15-11(17)9-5-13-6-10(12-2)16-9/h3,5-6H,4H2,1-2H3,(H,12,16)(H,15,17). The second kappa shape index (κ2) is 5.54. The van der Waals surface area contributed by atoms with Crippen molar-refractivity contribution in [2.45, 2.75) is 13.5 Å². The number of thiazole rings is 1. The SMILES string of the molecule is CNc1cncc(C(=O)NCc2cnc(C)s2)n1. The van der Waals surface area contributed by atoms with Gasteiger partial charge in [-0.25, -0.2) is 9.97 Å². The van der Waals surface area contributed by atoms with Crippen molar-refractivity contribution < 1.29 is 4.79 Å². The van der Waals surface area contributed by atoms with Gasteiger partial charge in [0, 0.05) is 18.1 Å². The zero-order valence-corrected chi connectivity index (χ0v) is 10.9. The molecule has 0 fully saturated rings. The molecular weight excluding hydrogens is 250 g/mol. The van der Waals surface area contributed by atoms with Gasteiger partial charge in [-0.3, -0.25) is 9.78 Å². The third-order valence-corrected chi connectivity index (χ3v) is 3.13. The summed E-state index contributed by atoms with van der Waals surface area (Å²) in [5.41, 5.74) is 0.295. The summed E-state index contributed by atoms with van der Waals surface area (Å²) >= 11 is 1.56. The maximum Gasteiger partial charge on any atom is 0.271 e. The molecule has 0 aliphatic carbocycles. The summed E-state index contributed by atoms with van der Waals surface area (Å²) in [6.07, 6.45) is 4.76. The lowest BCUT2D eigenvalue weighted by molar-refractivity contribution is 0.0946. The van der Waals surface area contributed by atoms with Crippen LogP contribution >= 0.6 is 11.3 Å². The van der Waals surface area contributed by atoms with Crippen LogP contribution in [0.3, 0.4) is 0 Å². The number of nitrogens with zero attached hydrogens (tertiary/aromatic N) is 3. The highest BCUT2D eigenvalue weighted by molar-refractivity contribution is 7.11. The first-order valence-corrected chi connectivity index (χ1v) is 6.20. The van der Waals surface area contributed by atoms with Crippen molar-refractivity contribution in [2.24, 2.45) is 0 Å². The summed E-state index contributed by atoms with van der Waals surface area (Å²) < 4.78 is 0. The van der Waals surface area contributed by atoms with E-state index < -0.39 is 0 Å². The Hall–Kier alpha value is -2.02. The Balaban J connectivity index is 1.99. The van der Waals surface area contributed by atoms with Crippen molar-refractivity contribution in [3.63, 3.8) is 0 Å². The number of amides is 1. The van der Waals surface area contributed by atoms with Gasteiger partial charge in [-0.2, -0.15) is 0 Å². The monoisotopic (exact) mass is 263 g/mol. The van der Waals surface area contributed by atoms with Crippen LogP contribution in [0.15, 0.2) is 18.6 Å². The van der Waals surface area contributed by atoms with Crippen LogP contribution in [-0.2, 0) is 6.54 Å². The Morgan fingerprint density at radius 2 is 2.22 bits per heavy atom. The Morgan fingerprint density at radius 3 is 2.89 bits per heavy atom. The summed E-state index contributed by atoms with van der Waals surface area (Å²) in [7, 11) is 1.73. The first-order valence-electron chi connectivity index (χ1n) is 5.38. The fourth-order valence-electron chi connectivity index (χ4n) is 1.34. The van der Waals surface area contributed by atoms with Crippen molar-refractivity contribution in [1.82, 2.24) is 20.3 Å². The molecule has 1 amide bonds. The molecule has 0 aromatic carbocycles. The molecule has 0 saturated carbocycles. The lowest BCUT2D eigenvalue weighted by atomic mass is 10.4. The van der Waals surface area contributed by atoms with E-state index in [9.17, 15) is 4.79 Å². The number of carbonyl (C=O) groups is 1. The molecule has 0 aliphatic heterocycles. The topological polar surface area (TPSA) is 79.8 Å². The molecule has 0 unspecified atom stereocenters. The molecule has 0 radical (unpaired) electrons. The molecule has 2 N–H and O–H groups in total. The predicted molar refractivity (Wildman–Crippen MR) is 69.6 cm³/mol. The van der Waals surface area contributed by atoms with E-state index in [4.69, 9.17) is 0 Å². The summed E-state index contributed by atoms with van der Waals surface area (Å²) in [5.74, 6) is 0.321. The van der Waals surface area contributed by atoms with Gasteiger partial charge in [-0.15, -0.1) is 11.3 Å². The van der Waals surface area contributed by atoms with Crippen molar-refractivity contribution >= 4 is 23.1 Å². The number of anilines is 1. The maximum atomic E-state index is 11.8. The van der Waals surface area contributed by atoms with Gasteiger partial charge >= 0.3 is 0 Å². The Bertz CT molecular complexity index is 554. The molecule has 6 nitrogen and oxygen atoms in total. The van der Waals surface area contributed by atoms with E-state index in [0.29, 0.717) is 18.1 Å². The van der Waals surface area contributed by atoms with Crippen LogP contribution in [0.4, 0.5) is 5.82 Å². The van der Waals surface area contributed by atoms with E-state index in [1.807, 2.05) is 6.92 Å². The Kier molecular flexibility index (Phi) is 3.83. The smallest absolute Gasteiger partial charge is 0.271 e. The van der Waals surface area contributed by atoms with E-state index in [1.165, 1.54) is 6.20 Å². The second-order valence-electron chi connectivity index (χ2n) is 3.57. The van der Waals surface area contributed by atoms with Crippen LogP contribution in [0.2, 0.25) is 0 Å². The highest BCUT2D eigenvalue weighted by Crippen LogP contribution is 2.11. The quantitative estimate of drug-likeness (QED) is 0.866. The van der Waals surface area contributed by atoms with Gasteiger partial charge in [0.2, 0.25) is 0 Å². The van der Waals surface area contributed by atoms with E-state index in [0.717, 1.165) is 9.88 Å². The maximum absolute atomic E-state index is 11.8. The van der Waals surface area contributed by atoms with Crippen LogP contribution in [0.5, 0.6) is 0 Å². The van der Waals surface area contributed by atoms with Crippen molar-refractivity contribution in [2.75, 3.05) is 12.4 Å². The van der Waals surface area contributed by atoms with Gasteiger partial charge in [-0.05, 0) is 6.92 Å². The highest BCUT2D eigenvalue weighted by Gasteiger charge is 2.08. The molecule has 2 aromatic rings. The third kappa shape index (κ3) is 3.01. The van der Waals surface area contributed by atoms with Crippen LogP contribution in [0, 0.1) is 6.92 Å². The van der Waals surface area contributed by atoms with Crippen molar-refractivity contribution in [3.8, 4) is 0 Å². The summed E-state index contributed by atoms with van der Waals surface area (Å²) in [6.45, 7) is 2.38. The minimum atomic E-state index is -0.245. The molecule has 18 heavy (non-hydrogen) atoms. The van der Waals surface area contributed by atoms with E-state index >= 15 is 0 Å². The number of rotatable bonds is 4. The molecule has 0 aliphatic rings. The second-order valence-corrected chi connectivity index (χ2v) is 4.89. The molecule has 0 bridgehead atoms. The lowest BCUT2D eigenvalue weighted by Crippen LogP contribution is -2.23. The summed E-state index contributed by atoms with van der Waals surface area (Å²) in [4.78, 5) is 25.0. The molecule has 0 spiro atoms. The van der Waals surface area contributed by atoms with Crippen molar-refractivity contribution in [1.29, 1.82) is 0 Å². The average Bonchev–Trinajstić information content (AvgIpc) is 2.82. The molecule has 0 atom stereocenters.